The van der Waals surface area contributed by atoms with Crippen molar-refractivity contribution in [3.05, 3.63) is 23.3 Å². The predicted octanol–water partition coefficient (Wildman–Crippen LogP) is 3.28. The highest BCUT2D eigenvalue weighted by atomic mass is 16.4. The molecule has 2 N–H and O–H groups in total. The SMILES string of the molecule is CC1=C(/C=C/C(C)(C)O)C(C)(C)CC/C1=N\O. The fourth-order valence-corrected chi connectivity index (χ4v) is 2.18. The van der Waals surface area contributed by atoms with Crippen LogP contribution in [0.5, 0.6) is 0 Å². The van der Waals surface area contributed by atoms with Gasteiger partial charge in [0, 0.05) is 0 Å². The summed E-state index contributed by atoms with van der Waals surface area (Å²) in [6.45, 7) is 9.82. The van der Waals surface area contributed by atoms with Crippen LogP contribution in [-0.4, -0.2) is 21.6 Å². The van der Waals surface area contributed by atoms with Crippen molar-refractivity contribution in [2.45, 2.75) is 53.1 Å². The van der Waals surface area contributed by atoms with Crippen molar-refractivity contribution in [3.8, 4) is 0 Å². The van der Waals surface area contributed by atoms with Crippen LogP contribution in [0.4, 0.5) is 0 Å². The molecule has 3 nitrogen and oxygen atoms in total. The second kappa shape index (κ2) is 4.65. The summed E-state index contributed by atoms with van der Waals surface area (Å²) in [7, 11) is 0. The van der Waals surface area contributed by atoms with E-state index in [-0.39, 0.29) is 5.41 Å². The van der Waals surface area contributed by atoms with E-state index in [1.807, 2.05) is 13.0 Å². The van der Waals surface area contributed by atoms with Gasteiger partial charge in [-0.25, -0.2) is 0 Å². The van der Waals surface area contributed by atoms with E-state index in [1.165, 1.54) is 0 Å². The zero-order chi connectivity index (χ0) is 13.3. The number of rotatable bonds is 2. The Balaban J connectivity index is 3.18. The molecule has 0 bridgehead atoms. The minimum Gasteiger partial charge on any atom is -0.411 e. The van der Waals surface area contributed by atoms with E-state index in [4.69, 9.17) is 5.21 Å². The molecule has 0 unspecified atom stereocenters. The van der Waals surface area contributed by atoms with Gasteiger partial charge in [0.05, 0.1) is 11.3 Å². The first-order valence-electron chi connectivity index (χ1n) is 6.02. The zero-order valence-corrected chi connectivity index (χ0v) is 11.4. The molecule has 1 rings (SSSR count). The van der Waals surface area contributed by atoms with Crippen LogP contribution in [0.25, 0.3) is 0 Å². The highest BCUT2D eigenvalue weighted by Gasteiger charge is 2.30. The van der Waals surface area contributed by atoms with Gasteiger partial charge < -0.3 is 10.3 Å². The molecule has 1 aliphatic rings. The molecular formula is C14H23NO2. The predicted molar refractivity (Wildman–Crippen MR) is 70.4 cm³/mol. The molecule has 1 aliphatic carbocycles. The lowest BCUT2D eigenvalue weighted by molar-refractivity contribution is 0.133. The van der Waals surface area contributed by atoms with Gasteiger partial charge in [-0.3, -0.25) is 0 Å². The third-order valence-electron chi connectivity index (χ3n) is 3.33. The standard InChI is InChI=1S/C14H23NO2/c1-10-11(6-9-14(4,5)16)13(2,3)8-7-12(10)15-17/h6,9,16-17H,7-8H2,1-5H3/b9-6+,15-12+. The maximum absolute atomic E-state index is 9.74. The van der Waals surface area contributed by atoms with E-state index in [2.05, 4.69) is 19.0 Å². The Morgan fingerprint density at radius 2 is 1.94 bits per heavy atom. The van der Waals surface area contributed by atoms with Crippen molar-refractivity contribution in [2.24, 2.45) is 10.6 Å². The van der Waals surface area contributed by atoms with E-state index in [9.17, 15) is 5.11 Å². The molecule has 17 heavy (non-hydrogen) atoms. The lowest BCUT2D eigenvalue weighted by atomic mass is 9.72. The molecule has 0 aromatic heterocycles. The fraction of sp³-hybridized carbons (Fsp3) is 0.643. The second-order valence-corrected chi connectivity index (χ2v) is 5.96. The summed E-state index contributed by atoms with van der Waals surface area (Å²) in [6, 6.07) is 0. The van der Waals surface area contributed by atoms with Crippen LogP contribution in [-0.2, 0) is 0 Å². The van der Waals surface area contributed by atoms with Gasteiger partial charge in [0.25, 0.3) is 0 Å². The summed E-state index contributed by atoms with van der Waals surface area (Å²) >= 11 is 0. The first-order chi connectivity index (χ1) is 7.67. The number of hydrogen-bond acceptors (Lipinski definition) is 3. The van der Waals surface area contributed by atoms with Crippen LogP contribution in [0.15, 0.2) is 28.5 Å². The molecule has 0 amide bonds. The van der Waals surface area contributed by atoms with Crippen molar-refractivity contribution in [2.75, 3.05) is 0 Å². The van der Waals surface area contributed by atoms with Crippen molar-refractivity contribution in [1.29, 1.82) is 0 Å². The summed E-state index contributed by atoms with van der Waals surface area (Å²) in [6.07, 6.45) is 5.50. The number of aliphatic hydroxyl groups is 1. The Morgan fingerprint density at radius 1 is 1.35 bits per heavy atom. The smallest absolute Gasteiger partial charge is 0.0828 e. The Bertz CT molecular complexity index is 382. The van der Waals surface area contributed by atoms with Crippen LogP contribution in [0.2, 0.25) is 0 Å². The van der Waals surface area contributed by atoms with E-state index in [0.29, 0.717) is 0 Å². The lowest BCUT2D eigenvalue weighted by Crippen LogP contribution is -2.25. The molecular weight excluding hydrogens is 214 g/mol. The first kappa shape index (κ1) is 14.0. The van der Waals surface area contributed by atoms with Crippen LogP contribution in [0.1, 0.15) is 47.5 Å². The Kier molecular flexibility index (Phi) is 3.82. The van der Waals surface area contributed by atoms with E-state index < -0.39 is 5.60 Å². The van der Waals surface area contributed by atoms with Gasteiger partial charge in [-0.15, -0.1) is 0 Å². The summed E-state index contributed by atoms with van der Waals surface area (Å²) in [5, 5.41) is 22.0. The summed E-state index contributed by atoms with van der Waals surface area (Å²) < 4.78 is 0. The summed E-state index contributed by atoms with van der Waals surface area (Å²) in [5.41, 5.74) is 2.14. The van der Waals surface area contributed by atoms with E-state index in [1.54, 1.807) is 19.9 Å². The first-order valence-corrected chi connectivity index (χ1v) is 6.02. The quantitative estimate of drug-likeness (QED) is 0.572. The van der Waals surface area contributed by atoms with Gasteiger partial charge in [0.2, 0.25) is 0 Å². The zero-order valence-electron chi connectivity index (χ0n) is 11.4. The van der Waals surface area contributed by atoms with Crippen LogP contribution in [0, 0.1) is 5.41 Å². The molecule has 0 saturated heterocycles. The Morgan fingerprint density at radius 3 is 2.41 bits per heavy atom. The largest absolute Gasteiger partial charge is 0.411 e. The molecule has 96 valence electrons. The molecule has 0 aromatic carbocycles. The molecule has 0 atom stereocenters. The van der Waals surface area contributed by atoms with Crippen molar-refractivity contribution in [3.63, 3.8) is 0 Å². The maximum Gasteiger partial charge on any atom is 0.0828 e. The molecule has 0 saturated carbocycles. The number of oxime groups is 1. The molecule has 0 aromatic rings. The van der Waals surface area contributed by atoms with Crippen LogP contribution < -0.4 is 0 Å². The number of allylic oxidation sites excluding steroid dienone is 3. The number of hydrogen-bond donors (Lipinski definition) is 2. The van der Waals surface area contributed by atoms with Gasteiger partial charge in [-0.2, -0.15) is 0 Å². The van der Waals surface area contributed by atoms with Crippen molar-refractivity contribution in [1.82, 2.24) is 0 Å². The molecule has 0 spiro atoms. The topological polar surface area (TPSA) is 52.8 Å². The minimum absolute atomic E-state index is 0.0556. The Labute approximate surface area is 104 Å². The summed E-state index contributed by atoms with van der Waals surface area (Å²) in [5.74, 6) is 0. The lowest BCUT2D eigenvalue weighted by Gasteiger charge is -2.33. The van der Waals surface area contributed by atoms with Gasteiger partial charge in [-0.05, 0) is 50.2 Å². The highest BCUT2D eigenvalue weighted by molar-refractivity contribution is 6.01. The van der Waals surface area contributed by atoms with Crippen molar-refractivity contribution < 1.29 is 10.3 Å². The van der Waals surface area contributed by atoms with Gasteiger partial charge in [0.1, 0.15) is 0 Å². The molecule has 0 heterocycles. The van der Waals surface area contributed by atoms with Gasteiger partial charge in [-0.1, -0.05) is 31.2 Å². The second-order valence-electron chi connectivity index (χ2n) is 5.96. The van der Waals surface area contributed by atoms with E-state index in [0.717, 1.165) is 29.7 Å². The molecule has 0 radical (unpaired) electrons. The third-order valence-corrected chi connectivity index (χ3v) is 3.33. The minimum atomic E-state index is -0.822. The fourth-order valence-electron chi connectivity index (χ4n) is 2.18. The molecule has 3 heteroatoms. The molecule has 0 fully saturated rings. The molecule has 0 aliphatic heterocycles. The monoisotopic (exact) mass is 237 g/mol. The normalized spacial score (nSPS) is 23.8. The summed E-state index contributed by atoms with van der Waals surface area (Å²) in [4.78, 5) is 0. The number of nitrogens with zero attached hydrogens (tertiary/aromatic N) is 1. The van der Waals surface area contributed by atoms with E-state index >= 15 is 0 Å². The van der Waals surface area contributed by atoms with Crippen LogP contribution in [0.3, 0.4) is 0 Å². The average molecular weight is 237 g/mol. The highest BCUT2D eigenvalue weighted by Crippen LogP contribution is 2.40. The van der Waals surface area contributed by atoms with Gasteiger partial charge >= 0.3 is 0 Å². The van der Waals surface area contributed by atoms with Gasteiger partial charge in [0.15, 0.2) is 0 Å². The average Bonchev–Trinajstić information content (AvgIpc) is 2.15. The maximum atomic E-state index is 9.74. The third kappa shape index (κ3) is 3.43. The Hall–Kier alpha value is -1.09. The van der Waals surface area contributed by atoms with Crippen molar-refractivity contribution >= 4 is 5.71 Å². The van der Waals surface area contributed by atoms with Crippen LogP contribution >= 0.6 is 0 Å².